The summed E-state index contributed by atoms with van der Waals surface area (Å²) in [7, 11) is 1.62. The van der Waals surface area contributed by atoms with Crippen molar-refractivity contribution in [3.8, 4) is 0 Å². The van der Waals surface area contributed by atoms with Crippen LogP contribution in [0.3, 0.4) is 0 Å². The van der Waals surface area contributed by atoms with Crippen LogP contribution in [-0.4, -0.2) is 34.5 Å². The van der Waals surface area contributed by atoms with Crippen LogP contribution in [0.1, 0.15) is 53.6 Å². The molecule has 1 heterocycles. The SMILES string of the molecule is CN(C(=O)c1ccc2c(c1)COC2)C1(C(=O)O)CCCCC1. The van der Waals surface area contributed by atoms with Gasteiger partial charge in [-0.3, -0.25) is 4.79 Å². The van der Waals surface area contributed by atoms with Crippen molar-refractivity contribution in [1.82, 2.24) is 4.90 Å². The van der Waals surface area contributed by atoms with Crippen LogP contribution in [0.25, 0.3) is 0 Å². The van der Waals surface area contributed by atoms with E-state index in [0.717, 1.165) is 30.4 Å². The van der Waals surface area contributed by atoms with Crippen molar-refractivity contribution in [1.29, 1.82) is 0 Å². The van der Waals surface area contributed by atoms with E-state index in [1.54, 1.807) is 13.1 Å². The first-order valence-corrected chi connectivity index (χ1v) is 7.76. The van der Waals surface area contributed by atoms with Crippen LogP contribution in [0.4, 0.5) is 0 Å². The molecule has 1 N–H and O–H groups in total. The highest BCUT2D eigenvalue weighted by Gasteiger charge is 2.45. The first kappa shape index (κ1) is 15.0. The molecule has 0 spiro atoms. The van der Waals surface area contributed by atoms with Crippen molar-refractivity contribution in [3.63, 3.8) is 0 Å². The third-order valence-corrected chi connectivity index (χ3v) is 4.99. The summed E-state index contributed by atoms with van der Waals surface area (Å²) in [6.07, 6.45) is 3.79. The number of nitrogens with zero attached hydrogens (tertiary/aromatic N) is 1. The molecule has 22 heavy (non-hydrogen) atoms. The summed E-state index contributed by atoms with van der Waals surface area (Å²) in [4.78, 5) is 26.0. The van der Waals surface area contributed by atoms with E-state index in [1.807, 2.05) is 12.1 Å². The molecule has 1 aliphatic heterocycles. The molecule has 0 aromatic heterocycles. The molecule has 0 atom stereocenters. The number of fused-ring (bicyclic) bond motifs is 1. The fourth-order valence-corrected chi connectivity index (χ4v) is 3.52. The van der Waals surface area contributed by atoms with Gasteiger partial charge in [-0.2, -0.15) is 0 Å². The number of rotatable bonds is 3. The number of likely N-dealkylation sites (N-methyl/N-ethyl adjacent to an activating group) is 1. The predicted octanol–water partition coefficient (Wildman–Crippen LogP) is 2.58. The lowest BCUT2D eigenvalue weighted by molar-refractivity contribution is -0.151. The van der Waals surface area contributed by atoms with E-state index in [9.17, 15) is 14.7 Å². The van der Waals surface area contributed by atoms with E-state index in [4.69, 9.17) is 4.74 Å². The molecule has 118 valence electrons. The van der Waals surface area contributed by atoms with E-state index in [1.165, 1.54) is 4.90 Å². The predicted molar refractivity (Wildman–Crippen MR) is 80.5 cm³/mol. The molecular weight excluding hydrogens is 282 g/mol. The zero-order chi connectivity index (χ0) is 15.7. The zero-order valence-corrected chi connectivity index (χ0v) is 12.8. The summed E-state index contributed by atoms with van der Waals surface area (Å²) < 4.78 is 5.37. The van der Waals surface area contributed by atoms with Gasteiger partial charge in [-0.1, -0.05) is 25.3 Å². The normalized spacial score (nSPS) is 19.5. The van der Waals surface area contributed by atoms with Gasteiger partial charge in [0.25, 0.3) is 5.91 Å². The van der Waals surface area contributed by atoms with Gasteiger partial charge in [-0.05, 0) is 36.1 Å². The summed E-state index contributed by atoms with van der Waals surface area (Å²) in [5, 5.41) is 9.70. The molecule has 1 aliphatic carbocycles. The largest absolute Gasteiger partial charge is 0.479 e. The number of carbonyl (C=O) groups is 2. The Morgan fingerprint density at radius 3 is 2.50 bits per heavy atom. The Morgan fingerprint density at radius 1 is 1.14 bits per heavy atom. The Bertz CT molecular complexity index is 605. The molecule has 1 amide bonds. The molecule has 1 aromatic carbocycles. The first-order chi connectivity index (χ1) is 10.5. The van der Waals surface area contributed by atoms with Crippen LogP contribution in [0.15, 0.2) is 18.2 Å². The van der Waals surface area contributed by atoms with Gasteiger partial charge >= 0.3 is 5.97 Å². The third kappa shape index (κ3) is 2.39. The molecule has 1 aromatic rings. The van der Waals surface area contributed by atoms with Crippen molar-refractivity contribution in [2.75, 3.05) is 7.05 Å². The molecule has 5 heteroatoms. The fraction of sp³-hybridized carbons (Fsp3) is 0.529. The number of aliphatic carboxylic acids is 1. The number of ether oxygens (including phenoxy) is 1. The van der Waals surface area contributed by atoms with Crippen molar-refractivity contribution >= 4 is 11.9 Å². The summed E-state index contributed by atoms with van der Waals surface area (Å²) in [5.74, 6) is -1.12. The van der Waals surface area contributed by atoms with Gasteiger partial charge in [0.15, 0.2) is 0 Å². The lowest BCUT2D eigenvalue weighted by atomic mass is 9.80. The number of hydrogen-bond acceptors (Lipinski definition) is 3. The summed E-state index contributed by atoms with van der Waals surface area (Å²) in [5.41, 5.74) is 1.60. The average molecular weight is 303 g/mol. The monoisotopic (exact) mass is 303 g/mol. The van der Waals surface area contributed by atoms with Crippen LogP contribution in [0.5, 0.6) is 0 Å². The molecule has 0 unspecified atom stereocenters. The second-order valence-corrected chi connectivity index (χ2v) is 6.24. The minimum Gasteiger partial charge on any atom is -0.479 e. The number of carboxylic acid groups (broad SMARTS) is 1. The average Bonchev–Trinajstić information content (AvgIpc) is 3.01. The fourth-order valence-electron chi connectivity index (χ4n) is 3.52. The van der Waals surface area contributed by atoms with Crippen molar-refractivity contribution < 1.29 is 19.4 Å². The Balaban J connectivity index is 1.88. The smallest absolute Gasteiger partial charge is 0.329 e. The number of hydrogen-bond donors (Lipinski definition) is 1. The standard InChI is InChI=1S/C17H21NO4/c1-18(17(16(20)21)7-3-2-4-8-17)15(19)12-5-6-13-10-22-11-14(13)9-12/h5-6,9H,2-4,7-8,10-11H2,1H3,(H,20,21). The Morgan fingerprint density at radius 2 is 1.82 bits per heavy atom. The summed E-state index contributed by atoms with van der Waals surface area (Å²) >= 11 is 0. The van der Waals surface area contributed by atoms with Crippen molar-refractivity contribution in [2.45, 2.75) is 50.9 Å². The zero-order valence-electron chi connectivity index (χ0n) is 12.8. The first-order valence-electron chi connectivity index (χ1n) is 7.76. The number of benzene rings is 1. The van der Waals surface area contributed by atoms with Gasteiger partial charge in [-0.25, -0.2) is 4.79 Å². The van der Waals surface area contributed by atoms with Gasteiger partial charge in [0.2, 0.25) is 0 Å². The minimum atomic E-state index is -1.06. The maximum Gasteiger partial charge on any atom is 0.329 e. The molecule has 3 rings (SSSR count). The highest BCUT2D eigenvalue weighted by atomic mass is 16.5. The molecule has 1 fully saturated rings. The highest BCUT2D eigenvalue weighted by molar-refractivity contribution is 5.98. The molecular formula is C17H21NO4. The van der Waals surface area contributed by atoms with E-state index in [2.05, 4.69) is 0 Å². The quantitative estimate of drug-likeness (QED) is 0.932. The van der Waals surface area contributed by atoms with Gasteiger partial charge in [-0.15, -0.1) is 0 Å². The van der Waals surface area contributed by atoms with Crippen LogP contribution >= 0.6 is 0 Å². The van der Waals surface area contributed by atoms with Crippen molar-refractivity contribution in [3.05, 3.63) is 34.9 Å². The van der Waals surface area contributed by atoms with Crippen molar-refractivity contribution in [2.24, 2.45) is 0 Å². The molecule has 0 bridgehead atoms. The topological polar surface area (TPSA) is 66.8 Å². The van der Waals surface area contributed by atoms with E-state index >= 15 is 0 Å². The second kappa shape index (κ2) is 5.72. The van der Waals surface area contributed by atoms with E-state index < -0.39 is 11.5 Å². The van der Waals surface area contributed by atoms with E-state index in [0.29, 0.717) is 31.6 Å². The van der Waals surface area contributed by atoms with Crippen LogP contribution in [0.2, 0.25) is 0 Å². The van der Waals surface area contributed by atoms with Gasteiger partial charge in [0.05, 0.1) is 13.2 Å². The third-order valence-electron chi connectivity index (χ3n) is 4.99. The molecule has 0 saturated heterocycles. The van der Waals surface area contributed by atoms with Crippen LogP contribution in [-0.2, 0) is 22.7 Å². The molecule has 5 nitrogen and oxygen atoms in total. The molecule has 1 saturated carbocycles. The van der Waals surface area contributed by atoms with Crippen LogP contribution < -0.4 is 0 Å². The number of carboxylic acids is 1. The maximum absolute atomic E-state index is 12.8. The Labute approximate surface area is 129 Å². The lowest BCUT2D eigenvalue weighted by Gasteiger charge is -2.41. The molecule has 0 radical (unpaired) electrons. The van der Waals surface area contributed by atoms with E-state index in [-0.39, 0.29) is 5.91 Å². The molecule has 2 aliphatic rings. The van der Waals surface area contributed by atoms with Crippen LogP contribution in [0, 0.1) is 0 Å². The minimum absolute atomic E-state index is 0.223. The lowest BCUT2D eigenvalue weighted by Crippen LogP contribution is -2.56. The summed E-state index contributed by atoms with van der Waals surface area (Å²) in [6.45, 7) is 1.10. The number of carbonyl (C=O) groups excluding carboxylic acids is 1. The summed E-state index contributed by atoms with van der Waals surface area (Å²) in [6, 6.07) is 5.50. The van der Waals surface area contributed by atoms with Gasteiger partial charge in [0.1, 0.15) is 5.54 Å². The maximum atomic E-state index is 12.8. The Hall–Kier alpha value is -1.88. The second-order valence-electron chi connectivity index (χ2n) is 6.24. The van der Waals surface area contributed by atoms with Gasteiger partial charge < -0.3 is 14.7 Å². The highest BCUT2D eigenvalue weighted by Crippen LogP contribution is 2.34. The number of amides is 1. The van der Waals surface area contributed by atoms with Gasteiger partial charge in [0, 0.05) is 12.6 Å². The Kier molecular flexibility index (Phi) is 3.91.